The Bertz CT molecular complexity index is 272. The van der Waals surface area contributed by atoms with Gasteiger partial charge in [-0.25, -0.2) is 4.79 Å². The van der Waals surface area contributed by atoms with E-state index in [2.05, 4.69) is 10.6 Å². The summed E-state index contributed by atoms with van der Waals surface area (Å²) in [5.41, 5.74) is 0. The number of rotatable bonds is 3. The average molecular weight is 227 g/mol. The van der Waals surface area contributed by atoms with Crippen LogP contribution in [-0.2, 0) is 9.59 Å². The third-order valence-electron chi connectivity index (χ3n) is 2.67. The van der Waals surface area contributed by atoms with Crippen molar-refractivity contribution < 1.29 is 14.4 Å². The lowest BCUT2D eigenvalue weighted by atomic mass is 9.99. The zero-order valence-electron chi connectivity index (χ0n) is 9.36. The highest BCUT2D eigenvalue weighted by atomic mass is 16.2. The molecule has 1 fully saturated rings. The van der Waals surface area contributed by atoms with E-state index in [1.54, 1.807) is 0 Å². The Morgan fingerprint density at radius 3 is 2.50 bits per heavy atom. The van der Waals surface area contributed by atoms with E-state index in [0.717, 1.165) is 32.2 Å². The standard InChI is InChI=1S/C10H17N3O3/c1-11-10(16)12-9(15)6-13-4-2-8(7-14)3-5-13/h7-8H,2-6H2,1H3,(H2,11,12,15,16). The number of carbonyl (C=O) groups excluding carboxylic acids is 3. The summed E-state index contributed by atoms with van der Waals surface area (Å²) in [5, 5.41) is 4.52. The molecule has 6 heteroatoms. The zero-order valence-corrected chi connectivity index (χ0v) is 9.36. The summed E-state index contributed by atoms with van der Waals surface area (Å²) in [7, 11) is 1.46. The summed E-state index contributed by atoms with van der Waals surface area (Å²) >= 11 is 0. The predicted molar refractivity (Wildman–Crippen MR) is 57.8 cm³/mol. The molecule has 0 aromatic carbocycles. The van der Waals surface area contributed by atoms with Gasteiger partial charge in [-0.1, -0.05) is 0 Å². The predicted octanol–water partition coefficient (Wildman–Crippen LogP) is -0.647. The van der Waals surface area contributed by atoms with Gasteiger partial charge in [0, 0.05) is 13.0 Å². The minimum atomic E-state index is -0.493. The molecule has 90 valence electrons. The number of likely N-dealkylation sites (tertiary alicyclic amines) is 1. The van der Waals surface area contributed by atoms with E-state index >= 15 is 0 Å². The molecular weight excluding hydrogens is 210 g/mol. The van der Waals surface area contributed by atoms with E-state index < -0.39 is 6.03 Å². The Morgan fingerprint density at radius 1 is 1.38 bits per heavy atom. The Kier molecular flexibility index (Phi) is 4.91. The third-order valence-corrected chi connectivity index (χ3v) is 2.67. The number of amides is 3. The Balaban J connectivity index is 2.25. The molecule has 0 unspecified atom stereocenters. The number of carbonyl (C=O) groups is 3. The van der Waals surface area contributed by atoms with E-state index in [1.807, 2.05) is 4.90 Å². The van der Waals surface area contributed by atoms with Gasteiger partial charge in [-0.05, 0) is 25.9 Å². The van der Waals surface area contributed by atoms with Crippen molar-refractivity contribution in [1.82, 2.24) is 15.5 Å². The van der Waals surface area contributed by atoms with Crippen LogP contribution in [0, 0.1) is 5.92 Å². The second kappa shape index (κ2) is 6.22. The van der Waals surface area contributed by atoms with E-state index in [-0.39, 0.29) is 18.4 Å². The molecule has 0 aromatic rings. The van der Waals surface area contributed by atoms with Gasteiger partial charge in [-0.15, -0.1) is 0 Å². The molecule has 2 N–H and O–H groups in total. The second-order valence-corrected chi connectivity index (χ2v) is 3.88. The van der Waals surface area contributed by atoms with Gasteiger partial charge in [0.2, 0.25) is 5.91 Å². The molecule has 3 amide bonds. The van der Waals surface area contributed by atoms with Crippen molar-refractivity contribution in [2.45, 2.75) is 12.8 Å². The van der Waals surface area contributed by atoms with E-state index in [9.17, 15) is 14.4 Å². The van der Waals surface area contributed by atoms with Crippen molar-refractivity contribution in [3.8, 4) is 0 Å². The van der Waals surface area contributed by atoms with Crippen molar-refractivity contribution in [3.05, 3.63) is 0 Å². The number of nitrogens with one attached hydrogen (secondary N) is 2. The van der Waals surface area contributed by atoms with Gasteiger partial charge in [-0.2, -0.15) is 0 Å². The first-order valence-electron chi connectivity index (χ1n) is 5.35. The summed E-state index contributed by atoms with van der Waals surface area (Å²) in [6.45, 7) is 1.66. The topological polar surface area (TPSA) is 78.5 Å². The maximum Gasteiger partial charge on any atom is 0.321 e. The Labute approximate surface area is 94.4 Å². The van der Waals surface area contributed by atoms with E-state index in [1.165, 1.54) is 7.05 Å². The fourth-order valence-electron chi connectivity index (χ4n) is 1.68. The summed E-state index contributed by atoms with van der Waals surface area (Å²) in [5.74, 6) is -0.192. The van der Waals surface area contributed by atoms with Crippen molar-refractivity contribution in [2.75, 3.05) is 26.7 Å². The van der Waals surface area contributed by atoms with Crippen LogP contribution in [-0.4, -0.2) is 49.8 Å². The minimum absolute atomic E-state index is 0.123. The van der Waals surface area contributed by atoms with Gasteiger partial charge in [0.25, 0.3) is 0 Å². The molecular formula is C10H17N3O3. The maximum atomic E-state index is 11.3. The van der Waals surface area contributed by atoms with Crippen LogP contribution in [0.2, 0.25) is 0 Å². The number of urea groups is 1. The van der Waals surface area contributed by atoms with Crippen LogP contribution in [0.25, 0.3) is 0 Å². The van der Waals surface area contributed by atoms with Crippen LogP contribution in [0.5, 0.6) is 0 Å². The first-order chi connectivity index (χ1) is 7.65. The molecule has 1 aliphatic heterocycles. The number of hydrogen-bond donors (Lipinski definition) is 2. The van der Waals surface area contributed by atoms with Crippen LogP contribution >= 0.6 is 0 Å². The molecule has 0 atom stereocenters. The number of imide groups is 1. The van der Waals surface area contributed by atoms with Gasteiger partial charge in [0.05, 0.1) is 6.54 Å². The third kappa shape index (κ3) is 3.98. The quantitative estimate of drug-likeness (QED) is 0.628. The molecule has 1 aliphatic rings. The van der Waals surface area contributed by atoms with Crippen LogP contribution in [0.1, 0.15) is 12.8 Å². The van der Waals surface area contributed by atoms with Crippen LogP contribution < -0.4 is 10.6 Å². The van der Waals surface area contributed by atoms with Crippen molar-refractivity contribution in [3.63, 3.8) is 0 Å². The molecule has 0 radical (unpaired) electrons. The number of nitrogens with zero attached hydrogens (tertiary/aromatic N) is 1. The second-order valence-electron chi connectivity index (χ2n) is 3.88. The minimum Gasteiger partial charge on any atom is -0.341 e. The molecule has 0 saturated carbocycles. The number of aldehydes is 1. The summed E-state index contributed by atoms with van der Waals surface area (Å²) in [6.07, 6.45) is 2.55. The Morgan fingerprint density at radius 2 is 2.00 bits per heavy atom. The molecule has 1 rings (SSSR count). The van der Waals surface area contributed by atoms with Gasteiger partial charge in [0.15, 0.2) is 0 Å². The van der Waals surface area contributed by atoms with Crippen molar-refractivity contribution in [1.29, 1.82) is 0 Å². The molecule has 6 nitrogen and oxygen atoms in total. The highest BCUT2D eigenvalue weighted by Gasteiger charge is 2.20. The fourth-order valence-corrected chi connectivity index (χ4v) is 1.68. The van der Waals surface area contributed by atoms with E-state index in [0.29, 0.717) is 0 Å². The Hall–Kier alpha value is -1.43. The van der Waals surface area contributed by atoms with Gasteiger partial charge in [0.1, 0.15) is 6.29 Å². The summed E-state index contributed by atoms with van der Waals surface area (Å²) in [6, 6.07) is -0.493. The lowest BCUT2D eigenvalue weighted by molar-refractivity contribution is -0.121. The molecule has 0 bridgehead atoms. The first kappa shape index (κ1) is 12.6. The summed E-state index contributed by atoms with van der Waals surface area (Å²) < 4.78 is 0. The molecule has 16 heavy (non-hydrogen) atoms. The smallest absolute Gasteiger partial charge is 0.321 e. The molecule has 0 spiro atoms. The lowest BCUT2D eigenvalue weighted by Gasteiger charge is -2.28. The average Bonchev–Trinajstić information content (AvgIpc) is 2.29. The maximum absolute atomic E-state index is 11.3. The molecule has 1 heterocycles. The molecule has 0 aliphatic carbocycles. The van der Waals surface area contributed by atoms with Gasteiger partial charge in [-0.3, -0.25) is 15.0 Å². The largest absolute Gasteiger partial charge is 0.341 e. The van der Waals surface area contributed by atoms with Crippen LogP contribution in [0.15, 0.2) is 0 Å². The van der Waals surface area contributed by atoms with Crippen molar-refractivity contribution >= 4 is 18.2 Å². The van der Waals surface area contributed by atoms with Crippen LogP contribution in [0.3, 0.4) is 0 Å². The van der Waals surface area contributed by atoms with E-state index in [4.69, 9.17) is 0 Å². The zero-order chi connectivity index (χ0) is 12.0. The van der Waals surface area contributed by atoms with Crippen LogP contribution in [0.4, 0.5) is 4.79 Å². The molecule has 0 aromatic heterocycles. The first-order valence-corrected chi connectivity index (χ1v) is 5.35. The lowest BCUT2D eigenvalue weighted by Crippen LogP contribution is -2.45. The summed E-state index contributed by atoms with van der Waals surface area (Å²) in [4.78, 5) is 34.7. The normalized spacial score (nSPS) is 17.8. The number of piperidine rings is 1. The molecule has 1 saturated heterocycles. The fraction of sp³-hybridized carbons (Fsp3) is 0.700. The van der Waals surface area contributed by atoms with Gasteiger partial charge < -0.3 is 10.1 Å². The highest BCUT2D eigenvalue weighted by Crippen LogP contribution is 2.13. The monoisotopic (exact) mass is 227 g/mol. The SMILES string of the molecule is CNC(=O)NC(=O)CN1CCC(C=O)CC1. The van der Waals surface area contributed by atoms with Crippen molar-refractivity contribution in [2.24, 2.45) is 5.92 Å². The highest BCUT2D eigenvalue weighted by molar-refractivity contribution is 5.95. The number of hydrogen-bond acceptors (Lipinski definition) is 4. The van der Waals surface area contributed by atoms with Gasteiger partial charge >= 0.3 is 6.03 Å².